The van der Waals surface area contributed by atoms with Crippen molar-refractivity contribution in [1.29, 1.82) is 0 Å². The molecule has 0 amide bonds. The highest BCUT2D eigenvalue weighted by atomic mass is 32.1. The van der Waals surface area contributed by atoms with E-state index in [2.05, 4.69) is 54.6 Å². The van der Waals surface area contributed by atoms with Crippen LogP contribution in [-0.4, -0.2) is 9.59 Å². The van der Waals surface area contributed by atoms with E-state index in [9.17, 15) is 0 Å². The van der Waals surface area contributed by atoms with Crippen LogP contribution in [-0.2, 0) is 12.8 Å². The highest BCUT2D eigenvalue weighted by Gasteiger charge is 2.15. The van der Waals surface area contributed by atoms with Crippen LogP contribution in [0.3, 0.4) is 0 Å². The number of hydrogen-bond donors (Lipinski definition) is 1. The van der Waals surface area contributed by atoms with E-state index in [1.54, 1.807) is 0 Å². The quantitative estimate of drug-likeness (QED) is 0.909. The molecule has 1 aromatic heterocycles. The van der Waals surface area contributed by atoms with Gasteiger partial charge in [0.15, 0.2) is 0 Å². The second-order valence-electron chi connectivity index (χ2n) is 5.14. The highest BCUT2D eigenvalue weighted by Crippen LogP contribution is 2.23. The predicted molar refractivity (Wildman–Crippen MR) is 80.5 cm³/mol. The second-order valence-corrected chi connectivity index (χ2v) is 5.93. The van der Waals surface area contributed by atoms with Gasteiger partial charge in [0.25, 0.3) is 0 Å². The summed E-state index contributed by atoms with van der Waals surface area (Å²) in [6.45, 7) is 6.50. The van der Waals surface area contributed by atoms with Crippen molar-refractivity contribution in [2.75, 3.05) is 0 Å². The summed E-state index contributed by atoms with van der Waals surface area (Å²) in [6.07, 6.45) is 1.74. The first-order valence-corrected chi connectivity index (χ1v) is 7.54. The summed E-state index contributed by atoms with van der Waals surface area (Å²) < 4.78 is 4.00. The van der Waals surface area contributed by atoms with Crippen LogP contribution in [0.1, 0.15) is 54.4 Å². The van der Waals surface area contributed by atoms with Gasteiger partial charge in [0.2, 0.25) is 0 Å². The summed E-state index contributed by atoms with van der Waals surface area (Å²) in [5.41, 5.74) is 9.95. The molecule has 3 nitrogen and oxygen atoms in total. The van der Waals surface area contributed by atoms with E-state index in [1.807, 2.05) is 0 Å². The normalized spacial score (nSPS) is 12.9. The molecule has 0 aliphatic carbocycles. The fourth-order valence-corrected chi connectivity index (χ4v) is 2.86. The monoisotopic (exact) mass is 275 g/mol. The van der Waals surface area contributed by atoms with Gasteiger partial charge >= 0.3 is 0 Å². The van der Waals surface area contributed by atoms with Gasteiger partial charge in [-0.15, -0.1) is 5.10 Å². The molecule has 0 spiro atoms. The van der Waals surface area contributed by atoms with E-state index < -0.39 is 0 Å². The average molecular weight is 275 g/mol. The Morgan fingerprint density at radius 2 is 1.89 bits per heavy atom. The van der Waals surface area contributed by atoms with E-state index in [-0.39, 0.29) is 6.04 Å². The maximum atomic E-state index is 6.28. The summed E-state index contributed by atoms with van der Waals surface area (Å²) in [7, 11) is 0. The van der Waals surface area contributed by atoms with Crippen molar-refractivity contribution >= 4 is 11.5 Å². The van der Waals surface area contributed by atoms with E-state index in [1.165, 1.54) is 22.7 Å². The third-order valence-electron chi connectivity index (χ3n) is 3.36. The third-order valence-corrected chi connectivity index (χ3v) is 4.26. The molecule has 0 saturated carbocycles. The molecule has 1 aromatic carbocycles. The highest BCUT2D eigenvalue weighted by molar-refractivity contribution is 7.05. The van der Waals surface area contributed by atoms with Crippen LogP contribution in [0.25, 0.3) is 0 Å². The molecule has 4 heteroatoms. The lowest BCUT2D eigenvalue weighted by molar-refractivity contribution is 0.721. The zero-order valence-corrected chi connectivity index (χ0v) is 12.6. The molecule has 1 atom stereocenters. The van der Waals surface area contributed by atoms with Gasteiger partial charge in [-0.25, -0.2) is 0 Å². The van der Waals surface area contributed by atoms with E-state index in [0.29, 0.717) is 5.92 Å². The summed E-state index contributed by atoms with van der Waals surface area (Å²) in [5.74, 6) is 0.570. The number of rotatable bonds is 5. The molecule has 0 bridgehead atoms. The van der Waals surface area contributed by atoms with Gasteiger partial charge in [-0.2, -0.15) is 0 Å². The van der Waals surface area contributed by atoms with Gasteiger partial charge in [-0.1, -0.05) is 49.5 Å². The van der Waals surface area contributed by atoms with Crippen molar-refractivity contribution in [1.82, 2.24) is 9.59 Å². The molecule has 19 heavy (non-hydrogen) atoms. The first-order chi connectivity index (χ1) is 9.11. The Balaban J connectivity index is 2.08. The topological polar surface area (TPSA) is 51.8 Å². The number of nitrogens with zero attached hydrogens (tertiary/aromatic N) is 2. The van der Waals surface area contributed by atoms with Crippen molar-refractivity contribution in [3.8, 4) is 0 Å². The van der Waals surface area contributed by atoms with Crippen molar-refractivity contribution in [3.05, 3.63) is 46.0 Å². The van der Waals surface area contributed by atoms with Gasteiger partial charge in [-0.3, -0.25) is 0 Å². The molecule has 0 aliphatic heterocycles. The summed E-state index contributed by atoms with van der Waals surface area (Å²) in [6, 6.07) is 8.74. The SMILES string of the molecule is CCc1nnsc1C(N)Cc1ccc(C(C)C)cc1. The van der Waals surface area contributed by atoms with Crippen LogP contribution in [0.5, 0.6) is 0 Å². The molecular weight excluding hydrogens is 254 g/mol. The minimum absolute atomic E-state index is 0.000139. The van der Waals surface area contributed by atoms with E-state index in [0.717, 1.165) is 23.4 Å². The predicted octanol–water partition coefficient (Wildman–Crippen LogP) is 3.47. The molecule has 1 heterocycles. The number of aromatic nitrogens is 2. The molecule has 2 aromatic rings. The van der Waals surface area contributed by atoms with Gasteiger partial charge in [0.05, 0.1) is 10.6 Å². The Morgan fingerprint density at radius 3 is 2.47 bits per heavy atom. The molecule has 0 radical (unpaired) electrons. The molecule has 2 rings (SSSR count). The van der Waals surface area contributed by atoms with Crippen LogP contribution in [0.4, 0.5) is 0 Å². The molecule has 1 unspecified atom stereocenters. The molecule has 0 aliphatic rings. The molecular formula is C15H21N3S. The van der Waals surface area contributed by atoms with Crippen molar-refractivity contribution in [2.45, 2.75) is 45.6 Å². The van der Waals surface area contributed by atoms with E-state index >= 15 is 0 Å². The largest absolute Gasteiger partial charge is 0.323 e. The van der Waals surface area contributed by atoms with Crippen LogP contribution in [0.15, 0.2) is 24.3 Å². The molecule has 0 fully saturated rings. The Labute approximate surface area is 119 Å². The Morgan fingerprint density at radius 1 is 1.21 bits per heavy atom. The van der Waals surface area contributed by atoms with Gasteiger partial charge in [0.1, 0.15) is 0 Å². The summed E-state index contributed by atoms with van der Waals surface area (Å²) >= 11 is 1.42. The third kappa shape index (κ3) is 3.39. The zero-order chi connectivity index (χ0) is 13.8. The smallest absolute Gasteiger partial charge is 0.0801 e. The maximum Gasteiger partial charge on any atom is 0.0801 e. The van der Waals surface area contributed by atoms with Crippen LogP contribution in [0, 0.1) is 0 Å². The summed E-state index contributed by atoms with van der Waals surface area (Å²) in [5, 5.41) is 4.12. The number of benzene rings is 1. The molecule has 102 valence electrons. The van der Waals surface area contributed by atoms with E-state index in [4.69, 9.17) is 5.73 Å². The van der Waals surface area contributed by atoms with Crippen LogP contribution >= 0.6 is 11.5 Å². The number of hydrogen-bond acceptors (Lipinski definition) is 4. The van der Waals surface area contributed by atoms with Crippen LogP contribution in [0.2, 0.25) is 0 Å². The number of aryl methyl sites for hydroxylation is 1. The second kappa shape index (κ2) is 6.26. The fourth-order valence-electron chi connectivity index (χ4n) is 2.13. The minimum Gasteiger partial charge on any atom is -0.323 e. The van der Waals surface area contributed by atoms with Crippen molar-refractivity contribution in [2.24, 2.45) is 5.73 Å². The van der Waals surface area contributed by atoms with Crippen molar-refractivity contribution < 1.29 is 0 Å². The Kier molecular flexibility index (Phi) is 4.66. The Bertz CT molecular complexity index is 516. The first kappa shape index (κ1) is 14.2. The lowest BCUT2D eigenvalue weighted by Crippen LogP contribution is -2.13. The van der Waals surface area contributed by atoms with Crippen molar-refractivity contribution in [3.63, 3.8) is 0 Å². The Hall–Kier alpha value is -1.26. The zero-order valence-electron chi connectivity index (χ0n) is 11.8. The van der Waals surface area contributed by atoms with Gasteiger partial charge < -0.3 is 5.73 Å². The maximum absolute atomic E-state index is 6.28. The fraction of sp³-hybridized carbons (Fsp3) is 0.467. The first-order valence-electron chi connectivity index (χ1n) is 6.77. The number of nitrogens with two attached hydrogens (primary N) is 1. The van der Waals surface area contributed by atoms with Gasteiger partial charge in [0, 0.05) is 6.04 Å². The minimum atomic E-state index is -0.000139. The molecule has 2 N–H and O–H groups in total. The standard InChI is InChI=1S/C15H21N3S/c1-4-14-15(19-18-17-14)13(16)9-11-5-7-12(8-6-11)10(2)3/h5-8,10,13H,4,9,16H2,1-3H3. The van der Waals surface area contributed by atoms with Gasteiger partial charge in [-0.05, 0) is 41.4 Å². The molecule has 0 saturated heterocycles. The lowest BCUT2D eigenvalue weighted by atomic mass is 9.98. The lowest BCUT2D eigenvalue weighted by Gasteiger charge is -2.12. The van der Waals surface area contributed by atoms with Crippen LogP contribution < -0.4 is 5.73 Å². The average Bonchev–Trinajstić information content (AvgIpc) is 2.87. The summed E-state index contributed by atoms with van der Waals surface area (Å²) in [4.78, 5) is 1.12.